The second-order valence-electron chi connectivity index (χ2n) is 6.07. The van der Waals surface area contributed by atoms with Crippen LogP contribution in [-0.4, -0.2) is 45.8 Å². The first kappa shape index (κ1) is 16.1. The molecule has 1 N–H and O–H groups in total. The number of benzene rings is 1. The number of hydrogen-bond donors (Lipinski definition) is 1. The number of methoxy groups -OCH3 is 2. The summed E-state index contributed by atoms with van der Waals surface area (Å²) in [4.78, 5) is 2.38. The van der Waals surface area contributed by atoms with E-state index < -0.39 is 0 Å². The summed E-state index contributed by atoms with van der Waals surface area (Å²) in [5, 5.41) is 3.53. The van der Waals surface area contributed by atoms with E-state index in [0.29, 0.717) is 0 Å². The highest BCUT2D eigenvalue weighted by molar-refractivity contribution is 5.41. The molecule has 0 aromatic heterocycles. The maximum absolute atomic E-state index is 5.43. The van der Waals surface area contributed by atoms with Crippen molar-refractivity contribution in [2.45, 2.75) is 37.3 Å². The predicted molar refractivity (Wildman–Crippen MR) is 86.2 cm³/mol. The Hall–Kier alpha value is -1.26. The molecule has 1 fully saturated rings. The molecule has 1 aliphatic carbocycles. The molecule has 1 aromatic rings. The fourth-order valence-corrected chi connectivity index (χ4v) is 3.72. The molecule has 0 saturated heterocycles. The Morgan fingerprint density at radius 2 is 1.57 bits per heavy atom. The molecule has 1 aromatic carbocycles. The number of nitrogens with zero attached hydrogens (tertiary/aromatic N) is 1. The first-order valence-electron chi connectivity index (χ1n) is 7.65. The molecular weight excluding hydrogens is 264 g/mol. The third-order valence-electron chi connectivity index (χ3n) is 4.89. The van der Waals surface area contributed by atoms with Crippen molar-refractivity contribution in [1.29, 1.82) is 0 Å². The van der Waals surface area contributed by atoms with Crippen molar-refractivity contribution in [1.82, 2.24) is 10.2 Å². The van der Waals surface area contributed by atoms with E-state index in [2.05, 4.69) is 36.4 Å². The fourth-order valence-electron chi connectivity index (χ4n) is 3.72. The van der Waals surface area contributed by atoms with E-state index in [0.717, 1.165) is 11.5 Å². The zero-order valence-electron chi connectivity index (χ0n) is 13.9. The fraction of sp³-hybridized carbons (Fsp3) is 0.647. The van der Waals surface area contributed by atoms with E-state index in [-0.39, 0.29) is 11.6 Å². The molecule has 0 amide bonds. The molecule has 1 atom stereocenters. The Bertz CT molecular complexity index is 446. The molecule has 4 nitrogen and oxygen atoms in total. The van der Waals surface area contributed by atoms with Crippen LogP contribution in [0.2, 0.25) is 0 Å². The Morgan fingerprint density at radius 3 is 1.95 bits per heavy atom. The third kappa shape index (κ3) is 3.01. The highest BCUT2D eigenvalue weighted by Crippen LogP contribution is 2.44. The topological polar surface area (TPSA) is 33.7 Å². The van der Waals surface area contributed by atoms with Gasteiger partial charge in [0.05, 0.1) is 20.3 Å². The predicted octanol–water partition coefficient (Wildman–Crippen LogP) is 2.84. The minimum absolute atomic E-state index is 0.159. The quantitative estimate of drug-likeness (QED) is 0.874. The standard InChI is InChI=1S/C17H28N2O2/c1-18-16(17(19(2)3)8-6-7-9-17)13-10-14(20-4)12-15(11-13)21-5/h10-12,16,18H,6-9H2,1-5H3. The average molecular weight is 292 g/mol. The molecule has 0 radical (unpaired) electrons. The molecule has 118 valence electrons. The van der Waals surface area contributed by atoms with Crippen LogP contribution in [0.3, 0.4) is 0 Å². The number of nitrogens with one attached hydrogen (secondary N) is 1. The zero-order chi connectivity index (χ0) is 15.5. The van der Waals surface area contributed by atoms with E-state index >= 15 is 0 Å². The minimum atomic E-state index is 0.159. The maximum Gasteiger partial charge on any atom is 0.122 e. The first-order valence-corrected chi connectivity index (χ1v) is 7.65. The van der Waals surface area contributed by atoms with Crippen LogP contribution in [0.25, 0.3) is 0 Å². The Balaban J connectivity index is 2.45. The van der Waals surface area contributed by atoms with Gasteiger partial charge in [-0.2, -0.15) is 0 Å². The van der Waals surface area contributed by atoms with E-state index in [4.69, 9.17) is 9.47 Å². The molecule has 1 saturated carbocycles. The summed E-state index contributed by atoms with van der Waals surface area (Å²) < 4.78 is 10.9. The molecule has 0 aliphatic heterocycles. The SMILES string of the molecule is CNC(c1cc(OC)cc(OC)c1)C1(N(C)C)CCCC1. The number of likely N-dealkylation sites (N-methyl/N-ethyl adjacent to an activating group) is 2. The molecular formula is C17H28N2O2. The van der Waals surface area contributed by atoms with Gasteiger partial charge in [0.15, 0.2) is 0 Å². The summed E-state index contributed by atoms with van der Waals surface area (Å²) in [5.74, 6) is 1.69. The van der Waals surface area contributed by atoms with Crippen molar-refractivity contribution in [2.75, 3.05) is 35.4 Å². The van der Waals surface area contributed by atoms with Crippen molar-refractivity contribution in [3.05, 3.63) is 23.8 Å². The molecule has 0 spiro atoms. The van der Waals surface area contributed by atoms with Gasteiger partial charge in [0.25, 0.3) is 0 Å². The van der Waals surface area contributed by atoms with Crippen LogP contribution < -0.4 is 14.8 Å². The Labute approximate surface area is 128 Å². The molecule has 1 unspecified atom stereocenters. The normalized spacial score (nSPS) is 18.8. The Kier molecular flexibility index (Phi) is 5.12. The molecule has 1 aliphatic rings. The van der Waals surface area contributed by atoms with E-state index in [1.807, 2.05) is 13.1 Å². The van der Waals surface area contributed by atoms with Gasteiger partial charge in [0, 0.05) is 11.6 Å². The lowest BCUT2D eigenvalue weighted by Crippen LogP contribution is -2.51. The summed E-state index contributed by atoms with van der Waals surface area (Å²) in [7, 11) is 9.81. The first-order chi connectivity index (χ1) is 10.1. The Morgan fingerprint density at radius 1 is 1.05 bits per heavy atom. The van der Waals surface area contributed by atoms with Crippen LogP contribution in [0.15, 0.2) is 18.2 Å². The van der Waals surface area contributed by atoms with Gasteiger partial charge in [0.2, 0.25) is 0 Å². The van der Waals surface area contributed by atoms with E-state index in [9.17, 15) is 0 Å². The largest absolute Gasteiger partial charge is 0.497 e. The molecule has 0 heterocycles. The third-order valence-corrected chi connectivity index (χ3v) is 4.89. The van der Waals surface area contributed by atoms with Crippen LogP contribution >= 0.6 is 0 Å². The van der Waals surface area contributed by atoms with Gasteiger partial charge >= 0.3 is 0 Å². The molecule has 4 heteroatoms. The number of ether oxygens (including phenoxy) is 2. The monoisotopic (exact) mass is 292 g/mol. The van der Waals surface area contributed by atoms with E-state index in [1.54, 1.807) is 14.2 Å². The van der Waals surface area contributed by atoms with Gasteiger partial charge in [0.1, 0.15) is 11.5 Å². The maximum atomic E-state index is 5.43. The van der Waals surface area contributed by atoms with Crippen LogP contribution in [0, 0.1) is 0 Å². The second-order valence-corrected chi connectivity index (χ2v) is 6.07. The lowest BCUT2D eigenvalue weighted by molar-refractivity contribution is 0.108. The van der Waals surface area contributed by atoms with Gasteiger partial charge in [-0.25, -0.2) is 0 Å². The van der Waals surface area contributed by atoms with Crippen LogP contribution in [0.1, 0.15) is 37.3 Å². The van der Waals surface area contributed by atoms with Crippen molar-refractivity contribution < 1.29 is 9.47 Å². The molecule has 0 bridgehead atoms. The van der Waals surface area contributed by atoms with Gasteiger partial charge in [-0.05, 0) is 51.7 Å². The van der Waals surface area contributed by atoms with Crippen molar-refractivity contribution in [2.24, 2.45) is 0 Å². The van der Waals surface area contributed by atoms with Gasteiger partial charge < -0.3 is 19.7 Å². The summed E-state index contributed by atoms with van der Waals surface area (Å²) >= 11 is 0. The minimum Gasteiger partial charge on any atom is -0.497 e. The number of hydrogen-bond acceptors (Lipinski definition) is 4. The van der Waals surface area contributed by atoms with Crippen molar-refractivity contribution in [3.63, 3.8) is 0 Å². The van der Waals surface area contributed by atoms with Gasteiger partial charge in [-0.3, -0.25) is 0 Å². The summed E-state index contributed by atoms with van der Waals surface area (Å²) in [6, 6.07) is 6.42. The molecule has 21 heavy (non-hydrogen) atoms. The van der Waals surface area contributed by atoms with Crippen LogP contribution in [0.4, 0.5) is 0 Å². The summed E-state index contributed by atoms with van der Waals surface area (Å²) in [6.07, 6.45) is 5.00. The van der Waals surface area contributed by atoms with Gasteiger partial charge in [-0.1, -0.05) is 12.8 Å². The highest BCUT2D eigenvalue weighted by atomic mass is 16.5. The highest BCUT2D eigenvalue weighted by Gasteiger charge is 2.43. The number of rotatable bonds is 6. The average Bonchev–Trinajstić information content (AvgIpc) is 2.98. The lowest BCUT2D eigenvalue weighted by atomic mass is 9.82. The smallest absolute Gasteiger partial charge is 0.122 e. The second kappa shape index (κ2) is 6.67. The van der Waals surface area contributed by atoms with Crippen LogP contribution in [-0.2, 0) is 0 Å². The zero-order valence-corrected chi connectivity index (χ0v) is 13.9. The molecule has 2 rings (SSSR count). The summed E-state index contributed by atoms with van der Waals surface area (Å²) in [6.45, 7) is 0. The van der Waals surface area contributed by atoms with Crippen LogP contribution in [0.5, 0.6) is 11.5 Å². The van der Waals surface area contributed by atoms with E-state index in [1.165, 1.54) is 31.2 Å². The summed E-state index contributed by atoms with van der Waals surface area (Å²) in [5.41, 5.74) is 1.39. The van der Waals surface area contributed by atoms with Gasteiger partial charge in [-0.15, -0.1) is 0 Å². The van der Waals surface area contributed by atoms with Crippen molar-refractivity contribution >= 4 is 0 Å². The lowest BCUT2D eigenvalue weighted by Gasteiger charge is -2.43. The van der Waals surface area contributed by atoms with Crippen molar-refractivity contribution in [3.8, 4) is 11.5 Å².